The minimum atomic E-state index is -0.0967. The fraction of sp³-hybridized carbons (Fsp3) is 0.588. The Labute approximate surface area is 127 Å². The monoisotopic (exact) mass is 290 g/mol. The van der Waals surface area contributed by atoms with E-state index in [2.05, 4.69) is 19.2 Å². The summed E-state index contributed by atoms with van der Waals surface area (Å²) in [5, 5.41) is 3.48. The number of nitrogens with one attached hydrogen (secondary N) is 1. The Morgan fingerprint density at radius 1 is 1.24 bits per heavy atom. The highest BCUT2D eigenvalue weighted by atomic mass is 16.5. The van der Waals surface area contributed by atoms with Crippen molar-refractivity contribution in [1.82, 2.24) is 10.2 Å². The van der Waals surface area contributed by atoms with E-state index in [4.69, 9.17) is 4.74 Å². The first-order valence-corrected chi connectivity index (χ1v) is 7.88. The van der Waals surface area contributed by atoms with Crippen LogP contribution < -0.4 is 10.1 Å². The highest BCUT2D eigenvalue weighted by Gasteiger charge is 2.42. The molecule has 1 aromatic carbocycles. The van der Waals surface area contributed by atoms with Crippen LogP contribution in [0, 0.1) is 0 Å². The molecule has 1 aliphatic heterocycles. The quantitative estimate of drug-likeness (QED) is 0.875. The predicted molar refractivity (Wildman–Crippen MR) is 84.2 cm³/mol. The normalized spacial score (nSPS) is 22.1. The number of hydrogen-bond donors (Lipinski definition) is 1. The first-order chi connectivity index (χ1) is 10.2. The summed E-state index contributed by atoms with van der Waals surface area (Å²) in [6, 6.07) is 8.10. The first kappa shape index (κ1) is 15.8. The number of benzene rings is 1. The second-order valence-corrected chi connectivity index (χ2v) is 5.49. The number of methoxy groups -OCH3 is 1. The van der Waals surface area contributed by atoms with Crippen LogP contribution in [-0.4, -0.2) is 30.0 Å². The molecule has 1 saturated heterocycles. The van der Waals surface area contributed by atoms with Crippen molar-refractivity contribution in [2.24, 2.45) is 0 Å². The summed E-state index contributed by atoms with van der Waals surface area (Å²) >= 11 is 0. The molecule has 1 N–H and O–H groups in total. The highest BCUT2D eigenvalue weighted by molar-refractivity contribution is 5.85. The molecule has 116 valence electrons. The van der Waals surface area contributed by atoms with Crippen LogP contribution in [0.25, 0.3) is 0 Å². The maximum Gasteiger partial charge on any atom is 0.241 e. The Bertz CT molecular complexity index is 485. The van der Waals surface area contributed by atoms with Crippen LogP contribution in [0.5, 0.6) is 5.75 Å². The Hall–Kier alpha value is -1.55. The van der Waals surface area contributed by atoms with Crippen molar-refractivity contribution in [3.8, 4) is 5.75 Å². The van der Waals surface area contributed by atoms with E-state index in [1.807, 2.05) is 36.1 Å². The summed E-state index contributed by atoms with van der Waals surface area (Å²) < 4.78 is 5.48. The molecule has 1 fully saturated rings. The SMILES string of the molecule is CCC1NC(c2ccccc2OC)N(C(CC)CC)C1=O. The zero-order valence-corrected chi connectivity index (χ0v) is 13.4. The number of nitrogens with zero attached hydrogens (tertiary/aromatic N) is 1. The molecule has 2 unspecified atom stereocenters. The minimum absolute atomic E-state index is 0.0940. The van der Waals surface area contributed by atoms with Gasteiger partial charge in [0.2, 0.25) is 5.91 Å². The Kier molecular flexibility index (Phi) is 5.23. The van der Waals surface area contributed by atoms with Crippen LogP contribution in [0.3, 0.4) is 0 Å². The molecule has 0 bridgehead atoms. The Morgan fingerprint density at radius 2 is 1.90 bits per heavy atom. The molecule has 0 radical (unpaired) electrons. The predicted octanol–water partition coefficient (Wildman–Crippen LogP) is 3.09. The van der Waals surface area contributed by atoms with E-state index in [0.29, 0.717) is 0 Å². The molecular formula is C17H26N2O2. The molecule has 0 aliphatic carbocycles. The number of amides is 1. The standard InChI is InChI=1S/C17H26N2O2/c1-5-12(6-2)19-16(18-14(7-3)17(19)20)13-10-8-9-11-15(13)21-4/h8-12,14,16,18H,5-7H2,1-4H3. The smallest absolute Gasteiger partial charge is 0.241 e. The van der Waals surface area contributed by atoms with Gasteiger partial charge in [0.1, 0.15) is 11.9 Å². The average Bonchev–Trinajstić information content (AvgIpc) is 2.85. The van der Waals surface area contributed by atoms with Crippen molar-refractivity contribution in [2.45, 2.75) is 58.3 Å². The van der Waals surface area contributed by atoms with E-state index < -0.39 is 0 Å². The second kappa shape index (κ2) is 6.94. The van der Waals surface area contributed by atoms with Crippen molar-refractivity contribution >= 4 is 5.91 Å². The van der Waals surface area contributed by atoms with E-state index in [9.17, 15) is 4.79 Å². The molecule has 2 atom stereocenters. The lowest BCUT2D eigenvalue weighted by Gasteiger charge is -2.32. The number of para-hydroxylation sites is 1. The van der Waals surface area contributed by atoms with Crippen LogP contribution in [0.15, 0.2) is 24.3 Å². The van der Waals surface area contributed by atoms with E-state index in [-0.39, 0.29) is 24.2 Å². The summed E-state index contributed by atoms with van der Waals surface area (Å²) in [6.45, 7) is 6.32. The topological polar surface area (TPSA) is 41.6 Å². The number of hydrogen-bond acceptors (Lipinski definition) is 3. The van der Waals surface area contributed by atoms with Crippen molar-refractivity contribution in [2.75, 3.05) is 7.11 Å². The molecule has 1 aromatic rings. The van der Waals surface area contributed by atoms with Gasteiger partial charge in [-0.1, -0.05) is 39.0 Å². The van der Waals surface area contributed by atoms with Gasteiger partial charge in [-0.05, 0) is 25.3 Å². The number of carbonyl (C=O) groups is 1. The maximum absolute atomic E-state index is 12.7. The van der Waals surface area contributed by atoms with Gasteiger partial charge in [0, 0.05) is 11.6 Å². The maximum atomic E-state index is 12.7. The lowest BCUT2D eigenvalue weighted by molar-refractivity contribution is -0.132. The average molecular weight is 290 g/mol. The lowest BCUT2D eigenvalue weighted by Crippen LogP contribution is -2.39. The van der Waals surface area contributed by atoms with Gasteiger partial charge in [-0.15, -0.1) is 0 Å². The zero-order valence-electron chi connectivity index (χ0n) is 13.4. The fourth-order valence-electron chi connectivity index (χ4n) is 3.15. The molecule has 21 heavy (non-hydrogen) atoms. The van der Waals surface area contributed by atoms with E-state index in [1.165, 1.54) is 0 Å². The molecular weight excluding hydrogens is 264 g/mol. The zero-order chi connectivity index (χ0) is 15.4. The van der Waals surface area contributed by atoms with Crippen LogP contribution in [0.1, 0.15) is 51.8 Å². The largest absolute Gasteiger partial charge is 0.496 e. The van der Waals surface area contributed by atoms with Gasteiger partial charge >= 0.3 is 0 Å². The summed E-state index contributed by atoms with van der Waals surface area (Å²) in [7, 11) is 1.67. The van der Waals surface area contributed by atoms with Gasteiger partial charge in [0.15, 0.2) is 0 Å². The lowest BCUT2D eigenvalue weighted by atomic mass is 10.1. The Morgan fingerprint density at radius 3 is 2.48 bits per heavy atom. The molecule has 0 saturated carbocycles. The number of rotatable bonds is 6. The van der Waals surface area contributed by atoms with Gasteiger partial charge in [0.25, 0.3) is 0 Å². The van der Waals surface area contributed by atoms with Gasteiger partial charge in [0.05, 0.1) is 13.2 Å². The molecule has 1 heterocycles. The van der Waals surface area contributed by atoms with Crippen LogP contribution >= 0.6 is 0 Å². The number of carbonyl (C=O) groups excluding carboxylic acids is 1. The van der Waals surface area contributed by atoms with E-state index in [0.717, 1.165) is 30.6 Å². The van der Waals surface area contributed by atoms with E-state index >= 15 is 0 Å². The Balaban J connectivity index is 2.41. The third-order valence-electron chi connectivity index (χ3n) is 4.37. The van der Waals surface area contributed by atoms with Crippen molar-refractivity contribution in [3.05, 3.63) is 29.8 Å². The molecule has 2 rings (SSSR count). The van der Waals surface area contributed by atoms with Crippen molar-refractivity contribution in [1.29, 1.82) is 0 Å². The highest BCUT2D eigenvalue weighted by Crippen LogP contribution is 2.35. The van der Waals surface area contributed by atoms with Crippen LogP contribution in [0.4, 0.5) is 0 Å². The van der Waals surface area contributed by atoms with Gasteiger partial charge < -0.3 is 9.64 Å². The van der Waals surface area contributed by atoms with Gasteiger partial charge in [-0.3, -0.25) is 10.1 Å². The summed E-state index contributed by atoms with van der Waals surface area (Å²) in [6.07, 6.45) is 2.64. The van der Waals surface area contributed by atoms with Crippen molar-refractivity contribution < 1.29 is 9.53 Å². The summed E-state index contributed by atoms with van der Waals surface area (Å²) in [4.78, 5) is 14.7. The summed E-state index contributed by atoms with van der Waals surface area (Å²) in [5.41, 5.74) is 1.04. The third-order valence-corrected chi connectivity index (χ3v) is 4.37. The van der Waals surface area contributed by atoms with Crippen LogP contribution in [-0.2, 0) is 4.79 Å². The second-order valence-electron chi connectivity index (χ2n) is 5.49. The third kappa shape index (κ3) is 2.91. The summed E-state index contributed by atoms with van der Waals surface area (Å²) in [5.74, 6) is 1.04. The first-order valence-electron chi connectivity index (χ1n) is 7.88. The van der Waals surface area contributed by atoms with Gasteiger partial charge in [-0.25, -0.2) is 0 Å². The fourth-order valence-corrected chi connectivity index (χ4v) is 3.15. The van der Waals surface area contributed by atoms with Crippen molar-refractivity contribution in [3.63, 3.8) is 0 Å². The van der Waals surface area contributed by atoms with Crippen LogP contribution in [0.2, 0.25) is 0 Å². The van der Waals surface area contributed by atoms with E-state index in [1.54, 1.807) is 7.11 Å². The molecule has 4 nitrogen and oxygen atoms in total. The van der Waals surface area contributed by atoms with Gasteiger partial charge in [-0.2, -0.15) is 0 Å². The number of ether oxygens (including phenoxy) is 1. The molecule has 0 spiro atoms. The molecule has 4 heteroatoms. The molecule has 1 aliphatic rings. The molecule has 1 amide bonds. The minimum Gasteiger partial charge on any atom is -0.496 e. The molecule has 0 aromatic heterocycles.